The Morgan fingerprint density at radius 3 is 1.05 bits per heavy atom. The molecule has 20 heavy (non-hydrogen) atoms. The van der Waals surface area contributed by atoms with Crippen molar-refractivity contribution in [2.75, 3.05) is 66.1 Å². The van der Waals surface area contributed by atoms with E-state index in [9.17, 15) is 0 Å². The number of hydrogen-bond donors (Lipinski definition) is 7. The van der Waals surface area contributed by atoms with Gasteiger partial charge in [0.2, 0.25) is 0 Å². The molecule has 0 heterocycles. The molecule has 0 aliphatic rings. The largest absolute Gasteiger partial charge is 0.394 e. The van der Waals surface area contributed by atoms with Crippen molar-refractivity contribution in [2.45, 2.75) is 6.10 Å². The van der Waals surface area contributed by atoms with Gasteiger partial charge in [-0.15, -0.1) is 0 Å². The van der Waals surface area contributed by atoms with Gasteiger partial charge in [0.25, 0.3) is 0 Å². The van der Waals surface area contributed by atoms with Crippen LogP contribution in [0.5, 0.6) is 0 Å². The Balaban J connectivity index is -0.000000246. The highest BCUT2D eigenvalue weighted by Gasteiger charge is 1.93. The van der Waals surface area contributed by atoms with E-state index in [1.54, 1.807) is 0 Å². The maximum Gasteiger partial charge on any atom is 0.100 e. The van der Waals surface area contributed by atoms with Crippen LogP contribution in [0, 0.1) is 0 Å². The standard InChI is InChI=1S/C6H14O4.C3H8O3.C2H6O2/c7-1-3-9-5-6-10-4-2-8;4-1-3(6)2-5;3-1-2-4/h7-8H,1-6H2;3-6H,1-2H2;3-4H,1-2H2. The Morgan fingerprint density at radius 2 is 0.900 bits per heavy atom. The van der Waals surface area contributed by atoms with Crippen molar-refractivity contribution < 1.29 is 45.2 Å². The van der Waals surface area contributed by atoms with E-state index in [2.05, 4.69) is 0 Å². The van der Waals surface area contributed by atoms with E-state index in [0.29, 0.717) is 26.4 Å². The average Bonchev–Trinajstić information content (AvgIpc) is 2.50. The summed E-state index contributed by atoms with van der Waals surface area (Å²) in [6, 6.07) is 0. The first-order valence-corrected chi connectivity index (χ1v) is 6.13. The van der Waals surface area contributed by atoms with E-state index in [1.165, 1.54) is 0 Å². The molecule has 7 N–H and O–H groups in total. The van der Waals surface area contributed by atoms with Gasteiger partial charge >= 0.3 is 0 Å². The van der Waals surface area contributed by atoms with Gasteiger partial charge in [-0.1, -0.05) is 0 Å². The lowest BCUT2D eigenvalue weighted by Gasteiger charge is -2.01. The molecule has 0 spiro atoms. The van der Waals surface area contributed by atoms with Crippen molar-refractivity contribution in [3.63, 3.8) is 0 Å². The van der Waals surface area contributed by atoms with Crippen LogP contribution in [0.25, 0.3) is 0 Å². The summed E-state index contributed by atoms with van der Waals surface area (Å²) < 4.78 is 9.75. The molecule has 9 nitrogen and oxygen atoms in total. The van der Waals surface area contributed by atoms with Gasteiger partial charge in [0, 0.05) is 0 Å². The van der Waals surface area contributed by atoms with Crippen LogP contribution in [0.15, 0.2) is 0 Å². The van der Waals surface area contributed by atoms with Crippen molar-refractivity contribution in [3.05, 3.63) is 0 Å². The van der Waals surface area contributed by atoms with Crippen molar-refractivity contribution >= 4 is 0 Å². The molecule has 0 saturated carbocycles. The maximum atomic E-state index is 8.26. The van der Waals surface area contributed by atoms with Crippen LogP contribution < -0.4 is 0 Å². The van der Waals surface area contributed by atoms with E-state index in [1.807, 2.05) is 0 Å². The van der Waals surface area contributed by atoms with Crippen LogP contribution >= 0.6 is 0 Å². The fourth-order valence-electron chi connectivity index (χ4n) is 0.509. The third-order valence-corrected chi connectivity index (χ3v) is 1.36. The van der Waals surface area contributed by atoms with Crippen molar-refractivity contribution in [3.8, 4) is 0 Å². The number of aliphatic hydroxyl groups is 7. The van der Waals surface area contributed by atoms with Crippen molar-refractivity contribution in [1.82, 2.24) is 0 Å². The van der Waals surface area contributed by atoms with Crippen molar-refractivity contribution in [1.29, 1.82) is 0 Å². The first-order chi connectivity index (χ1) is 9.64. The SMILES string of the molecule is OCC(O)CO.OCCO.OCCOCCOCCO. The first kappa shape index (κ1) is 24.6. The topological polar surface area (TPSA) is 160 Å². The summed E-state index contributed by atoms with van der Waals surface area (Å²) in [6.45, 7) is 0.749. The summed E-state index contributed by atoms with van der Waals surface area (Å²) in [5.41, 5.74) is 0. The zero-order valence-electron chi connectivity index (χ0n) is 11.6. The summed E-state index contributed by atoms with van der Waals surface area (Å²) in [5, 5.41) is 55.8. The summed E-state index contributed by atoms with van der Waals surface area (Å²) >= 11 is 0. The minimum atomic E-state index is -0.954. The Labute approximate surface area is 118 Å². The highest BCUT2D eigenvalue weighted by atomic mass is 16.5. The van der Waals surface area contributed by atoms with Crippen molar-refractivity contribution in [2.24, 2.45) is 0 Å². The number of hydrogen-bond acceptors (Lipinski definition) is 9. The molecule has 0 saturated heterocycles. The molecule has 0 fully saturated rings. The van der Waals surface area contributed by atoms with Gasteiger partial charge < -0.3 is 45.2 Å². The third-order valence-electron chi connectivity index (χ3n) is 1.36. The molecule has 0 radical (unpaired) electrons. The Hall–Kier alpha value is -0.360. The molecule has 0 aromatic carbocycles. The molecule has 126 valence electrons. The summed E-state index contributed by atoms with van der Waals surface area (Å²) in [7, 11) is 0. The fraction of sp³-hybridized carbons (Fsp3) is 1.00. The maximum absolute atomic E-state index is 8.26. The van der Waals surface area contributed by atoms with Gasteiger partial charge in [-0.25, -0.2) is 0 Å². The molecular formula is C11H28O9. The molecule has 0 aromatic heterocycles. The van der Waals surface area contributed by atoms with Crippen LogP contribution in [-0.4, -0.2) is 108 Å². The van der Waals surface area contributed by atoms with Crippen LogP contribution in [0.2, 0.25) is 0 Å². The smallest absolute Gasteiger partial charge is 0.100 e. The fourth-order valence-corrected chi connectivity index (χ4v) is 0.509. The number of ether oxygens (including phenoxy) is 2. The minimum absolute atomic E-state index is 0.0417. The summed E-state index contributed by atoms with van der Waals surface area (Å²) in [4.78, 5) is 0. The van der Waals surface area contributed by atoms with E-state index in [4.69, 9.17) is 45.2 Å². The lowest BCUT2D eigenvalue weighted by molar-refractivity contribution is 0.0222. The molecule has 0 rings (SSSR count). The Kier molecular flexibility index (Phi) is 33.3. The van der Waals surface area contributed by atoms with E-state index in [-0.39, 0.29) is 39.6 Å². The Morgan fingerprint density at radius 1 is 0.550 bits per heavy atom. The van der Waals surface area contributed by atoms with Gasteiger partial charge in [0.1, 0.15) is 6.10 Å². The van der Waals surface area contributed by atoms with Gasteiger partial charge in [0.15, 0.2) is 0 Å². The lowest BCUT2D eigenvalue weighted by atomic mass is 10.4. The zero-order chi connectivity index (χ0) is 16.1. The number of rotatable bonds is 10. The Bertz CT molecular complexity index is 123. The predicted molar refractivity (Wildman–Crippen MR) is 70.2 cm³/mol. The highest BCUT2D eigenvalue weighted by Crippen LogP contribution is 1.76. The molecule has 0 bridgehead atoms. The monoisotopic (exact) mass is 304 g/mol. The summed E-state index contributed by atoms with van der Waals surface area (Å²) in [6.07, 6.45) is -0.954. The lowest BCUT2D eigenvalue weighted by Crippen LogP contribution is -2.15. The molecule has 9 heteroatoms. The van der Waals surface area contributed by atoms with E-state index >= 15 is 0 Å². The first-order valence-electron chi connectivity index (χ1n) is 6.13. The third kappa shape index (κ3) is 36.0. The second kappa shape index (κ2) is 27.1. The summed E-state index contributed by atoms with van der Waals surface area (Å²) in [5.74, 6) is 0. The van der Waals surface area contributed by atoms with Gasteiger partial charge in [-0.3, -0.25) is 0 Å². The quantitative estimate of drug-likeness (QED) is 0.202. The minimum Gasteiger partial charge on any atom is -0.394 e. The molecule has 0 atom stereocenters. The van der Waals surface area contributed by atoms with E-state index in [0.717, 1.165) is 0 Å². The molecule has 0 aromatic rings. The molecular weight excluding hydrogens is 276 g/mol. The van der Waals surface area contributed by atoms with Crippen LogP contribution in [0.3, 0.4) is 0 Å². The number of aliphatic hydroxyl groups excluding tert-OH is 7. The molecule has 0 aliphatic heterocycles. The second-order valence-corrected chi connectivity index (χ2v) is 3.14. The zero-order valence-corrected chi connectivity index (χ0v) is 11.6. The normalized spacial score (nSPS) is 9.60. The van der Waals surface area contributed by atoms with Crippen LogP contribution in [-0.2, 0) is 9.47 Å². The highest BCUT2D eigenvalue weighted by molar-refractivity contribution is 4.44. The molecule has 0 aliphatic carbocycles. The average molecular weight is 304 g/mol. The molecule has 0 unspecified atom stereocenters. The van der Waals surface area contributed by atoms with Crippen LogP contribution in [0.1, 0.15) is 0 Å². The van der Waals surface area contributed by atoms with Gasteiger partial charge in [0.05, 0.1) is 66.1 Å². The molecule has 0 amide bonds. The van der Waals surface area contributed by atoms with Crippen LogP contribution in [0.4, 0.5) is 0 Å². The second-order valence-electron chi connectivity index (χ2n) is 3.14. The van der Waals surface area contributed by atoms with Gasteiger partial charge in [-0.05, 0) is 0 Å². The predicted octanol–water partition coefficient (Wildman–Crippen LogP) is -3.69. The van der Waals surface area contributed by atoms with E-state index < -0.39 is 6.10 Å². The van der Waals surface area contributed by atoms with Gasteiger partial charge in [-0.2, -0.15) is 0 Å².